The average Bonchev–Trinajstić information content (AvgIpc) is 2.91. The maximum atomic E-state index is 14.2. The summed E-state index contributed by atoms with van der Waals surface area (Å²) in [5, 5.41) is 82.4. The van der Waals surface area contributed by atoms with Gasteiger partial charge in [0.1, 0.15) is 46.0 Å². The number of hydrogen-bond donors (Lipinski definition) is 8. The lowest BCUT2D eigenvalue weighted by atomic mass is 9.65. The Bertz CT molecular complexity index is 1770. The molecule has 9 nitrogen and oxygen atoms in total. The van der Waals surface area contributed by atoms with Crippen LogP contribution in [0.2, 0.25) is 0 Å². The number of rotatable bonds is 6. The van der Waals surface area contributed by atoms with Gasteiger partial charge in [-0.25, -0.2) is 0 Å². The SMILES string of the molecule is CC1=CC(c2cc(/C=C/c3cc(O)cc(O)c3)c(O)cc2O)C(C(=O)c2ccc(O)cc2O)C(c2ccc(O)cc2O)C1. The molecule has 0 fully saturated rings. The summed E-state index contributed by atoms with van der Waals surface area (Å²) in [6, 6.07) is 14.4. The lowest BCUT2D eigenvalue weighted by Crippen LogP contribution is -2.31. The van der Waals surface area contributed by atoms with E-state index in [1.807, 2.05) is 13.0 Å². The molecule has 0 aliphatic heterocycles. The van der Waals surface area contributed by atoms with Crippen molar-refractivity contribution in [2.45, 2.75) is 25.2 Å². The normalized spacial score (nSPS) is 18.4. The minimum absolute atomic E-state index is 0.0638. The maximum Gasteiger partial charge on any atom is 0.171 e. The standard InChI is InChI=1S/C34H30O9/c1-17-8-27(24-6-4-20(35)14-30(24)40)33(34(43)25-7-5-21(36)15-31(25)41)28(9-17)26-12-19(29(39)16-32(26)42)3-2-18-10-22(37)13-23(38)11-18/h2-7,9-16,27-28,33,35-42H,8H2,1H3/b3-2+. The summed E-state index contributed by atoms with van der Waals surface area (Å²) in [4.78, 5) is 14.2. The molecule has 4 aromatic rings. The fourth-order valence-corrected chi connectivity index (χ4v) is 5.80. The molecule has 0 bridgehead atoms. The van der Waals surface area contributed by atoms with E-state index < -0.39 is 29.3 Å². The molecule has 9 heteroatoms. The summed E-state index contributed by atoms with van der Waals surface area (Å²) in [6.45, 7) is 1.85. The molecule has 3 unspecified atom stereocenters. The third-order valence-corrected chi connectivity index (χ3v) is 7.70. The maximum absolute atomic E-state index is 14.2. The molecular formula is C34H30O9. The molecule has 0 amide bonds. The van der Waals surface area contributed by atoms with Gasteiger partial charge >= 0.3 is 0 Å². The first kappa shape index (κ1) is 28.9. The highest BCUT2D eigenvalue weighted by atomic mass is 16.3. The fraction of sp³-hybridized carbons (Fsp3) is 0.147. The summed E-state index contributed by atoms with van der Waals surface area (Å²) < 4.78 is 0. The zero-order valence-corrected chi connectivity index (χ0v) is 23.0. The van der Waals surface area contributed by atoms with Gasteiger partial charge in [-0.05, 0) is 60.9 Å². The van der Waals surface area contributed by atoms with Crippen LogP contribution in [-0.4, -0.2) is 46.6 Å². The van der Waals surface area contributed by atoms with E-state index in [1.54, 1.807) is 6.08 Å². The first-order valence-corrected chi connectivity index (χ1v) is 13.4. The Labute approximate surface area is 246 Å². The van der Waals surface area contributed by atoms with Crippen molar-refractivity contribution in [2.24, 2.45) is 5.92 Å². The van der Waals surface area contributed by atoms with E-state index in [4.69, 9.17) is 0 Å². The molecule has 0 saturated heterocycles. The number of benzene rings is 4. The van der Waals surface area contributed by atoms with Crippen molar-refractivity contribution in [2.75, 3.05) is 0 Å². The van der Waals surface area contributed by atoms with E-state index in [2.05, 4.69) is 0 Å². The Hall–Kier alpha value is -5.57. The van der Waals surface area contributed by atoms with Gasteiger partial charge in [0.05, 0.1) is 5.56 Å². The number of ketones is 1. The summed E-state index contributed by atoms with van der Waals surface area (Å²) in [7, 11) is 0. The Balaban J connectivity index is 1.66. The number of phenols is 8. The van der Waals surface area contributed by atoms with Gasteiger partial charge in [0.15, 0.2) is 5.78 Å². The molecule has 4 aromatic carbocycles. The van der Waals surface area contributed by atoms with Crippen molar-refractivity contribution < 1.29 is 45.6 Å². The van der Waals surface area contributed by atoms with E-state index >= 15 is 0 Å². The van der Waals surface area contributed by atoms with Gasteiger partial charge in [0, 0.05) is 53.1 Å². The van der Waals surface area contributed by atoms with Crippen LogP contribution >= 0.6 is 0 Å². The molecule has 1 aliphatic rings. The zero-order chi connectivity index (χ0) is 31.0. The minimum atomic E-state index is -0.982. The molecular weight excluding hydrogens is 552 g/mol. The fourth-order valence-electron chi connectivity index (χ4n) is 5.80. The van der Waals surface area contributed by atoms with Crippen molar-refractivity contribution in [3.63, 3.8) is 0 Å². The summed E-state index contributed by atoms with van der Waals surface area (Å²) >= 11 is 0. The number of aromatic hydroxyl groups is 8. The van der Waals surface area contributed by atoms with E-state index in [0.717, 1.165) is 17.7 Å². The van der Waals surface area contributed by atoms with Crippen LogP contribution in [0, 0.1) is 5.92 Å². The summed E-state index contributed by atoms with van der Waals surface area (Å²) in [5.41, 5.74) is 2.17. The quantitative estimate of drug-likeness (QED) is 0.0744. The van der Waals surface area contributed by atoms with Crippen molar-refractivity contribution in [3.05, 3.63) is 106 Å². The third kappa shape index (κ3) is 5.92. The molecule has 0 saturated carbocycles. The molecule has 43 heavy (non-hydrogen) atoms. The van der Waals surface area contributed by atoms with Crippen molar-refractivity contribution in [1.82, 2.24) is 0 Å². The van der Waals surface area contributed by atoms with Crippen LogP contribution in [0.25, 0.3) is 12.2 Å². The molecule has 8 N–H and O–H groups in total. The zero-order valence-electron chi connectivity index (χ0n) is 23.0. The second kappa shape index (κ2) is 11.4. The molecule has 0 heterocycles. The highest BCUT2D eigenvalue weighted by Crippen LogP contribution is 2.51. The van der Waals surface area contributed by atoms with Gasteiger partial charge < -0.3 is 40.9 Å². The van der Waals surface area contributed by atoms with Gasteiger partial charge in [-0.15, -0.1) is 0 Å². The second-order valence-electron chi connectivity index (χ2n) is 10.8. The predicted molar refractivity (Wildman–Crippen MR) is 160 cm³/mol. The van der Waals surface area contributed by atoms with Crippen LogP contribution in [0.15, 0.2) is 78.4 Å². The summed E-state index contributed by atoms with van der Waals surface area (Å²) in [5.74, 6) is -4.85. The number of carbonyl (C=O) groups excluding carboxylic acids is 1. The first-order chi connectivity index (χ1) is 20.4. The van der Waals surface area contributed by atoms with Gasteiger partial charge in [-0.2, -0.15) is 0 Å². The van der Waals surface area contributed by atoms with Gasteiger partial charge in [0.25, 0.3) is 0 Å². The van der Waals surface area contributed by atoms with Gasteiger partial charge in [0.2, 0.25) is 0 Å². The average molecular weight is 583 g/mol. The highest BCUT2D eigenvalue weighted by molar-refractivity contribution is 6.02. The third-order valence-electron chi connectivity index (χ3n) is 7.70. The molecule has 1 aliphatic carbocycles. The van der Waals surface area contributed by atoms with Crippen molar-refractivity contribution in [1.29, 1.82) is 0 Å². The van der Waals surface area contributed by atoms with Gasteiger partial charge in [-0.3, -0.25) is 4.79 Å². The summed E-state index contributed by atoms with van der Waals surface area (Å²) in [6.07, 6.45) is 5.24. The van der Waals surface area contributed by atoms with Crippen LogP contribution in [0.3, 0.4) is 0 Å². The lowest BCUT2D eigenvalue weighted by molar-refractivity contribution is 0.0877. The Kier molecular flexibility index (Phi) is 7.65. The molecule has 3 atom stereocenters. The van der Waals surface area contributed by atoms with Crippen LogP contribution in [0.1, 0.15) is 57.8 Å². The smallest absolute Gasteiger partial charge is 0.171 e. The minimum Gasteiger partial charge on any atom is -0.508 e. The Morgan fingerprint density at radius 2 is 1.28 bits per heavy atom. The largest absolute Gasteiger partial charge is 0.508 e. The monoisotopic (exact) mass is 582 g/mol. The van der Waals surface area contributed by atoms with Crippen LogP contribution < -0.4 is 0 Å². The highest BCUT2D eigenvalue weighted by Gasteiger charge is 2.42. The van der Waals surface area contributed by atoms with Crippen molar-refractivity contribution >= 4 is 17.9 Å². The van der Waals surface area contributed by atoms with E-state index in [9.17, 15) is 45.6 Å². The van der Waals surface area contributed by atoms with Crippen molar-refractivity contribution in [3.8, 4) is 46.0 Å². The predicted octanol–water partition coefficient (Wildman–Crippen LogP) is 6.22. The van der Waals surface area contributed by atoms with Crippen LogP contribution in [-0.2, 0) is 0 Å². The Morgan fingerprint density at radius 1 is 0.651 bits per heavy atom. The van der Waals surface area contributed by atoms with E-state index in [0.29, 0.717) is 17.5 Å². The molecule has 0 radical (unpaired) electrons. The van der Waals surface area contributed by atoms with E-state index in [-0.39, 0.29) is 56.9 Å². The topological polar surface area (TPSA) is 179 Å². The second-order valence-corrected chi connectivity index (χ2v) is 10.8. The first-order valence-electron chi connectivity index (χ1n) is 13.4. The van der Waals surface area contributed by atoms with E-state index in [1.165, 1.54) is 60.7 Å². The number of Topliss-reactive ketones (excluding diaryl/α,β-unsaturated/α-hetero) is 1. The number of hydrogen-bond acceptors (Lipinski definition) is 9. The molecule has 0 spiro atoms. The van der Waals surface area contributed by atoms with Gasteiger partial charge in [-0.1, -0.05) is 29.9 Å². The van der Waals surface area contributed by atoms with Crippen LogP contribution in [0.4, 0.5) is 0 Å². The molecule has 220 valence electrons. The number of allylic oxidation sites excluding steroid dienone is 2. The lowest BCUT2D eigenvalue weighted by Gasteiger charge is -2.37. The molecule has 5 rings (SSSR count). The number of phenolic OH excluding ortho intramolecular Hbond substituents is 8. The number of carbonyl (C=O) groups is 1. The molecule has 0 aromatic heterocycles. The Morgan fingerprint density at radius 3 is 1.93 bits per heavy atom. The van der Waals surface area contributed by atoms with Crippen LogP contribution in [0.5, 0.6) is 46.0 Å².